The lowest BCUT2D eigenvalue weighted by molar-refractivity contribution is -0.142. The number of likely N-dealkylation sites (N-methyl/N-ethyl adjacent to an activating group) is 1. The Balaban J connectivity index is 4.70. The van der Waals surface area contributed by atoms with Gasteiger partial charge in [-0.3, -0.25) is 14.4 Å². The fourth-order valence-corrected chi connectivity index (χ4v) is 2.23. The van der Waals surface area contributed by atoms with E-state index in [2.05, 4.69) is 19.5 Å². The Morgan fingerprint density at radius 1 is 0.679 bits per heavy atom. The van der Waals surface area contributed by atoms with Crippen LogP contribution in [0.3, 0.4) is 0 Å². The first-order valence-electron chi connectivity index (χ1n) is 9.11. The van der Waals surface area contributed by atoms with Gasteiger partial charge in [0.25, 0.3) is 0 Å². The molecule has 0 saturated carbocycles. The van der Waals surface area contributed by atoms with Gasteiger partial charge in [0.15, 0.2) is 0 Å². The van der Waals surface area contributed by atoms with Crippen molar-refractivity contribution in [2.45, 2.75) is 31.7 Å². The highest BCUT2D eigenvalue weighted by Crippen LogP contribution is 2.10. The number of hydrogen-bond donors (Lipinski definition) is 1. The average molecular weight is 407 g/mol. The topological polar surface area (TPSA) is 119 Å². The van der Waals surface area contributed by atoms with Crippen LogP contribution in [-0.4, -0.2) is 91.0 Å². The Hall–Kier alpha value is -1.75. The molecule has 0 atom stereocenters. The van der Waals surface area contributed by atoms with Crippen LogP contribution in [0.5, 0.6) is 0 Å². The van der Waals surface area contributed by atoms with Crippen LogP contribution in [0.2, 0.25) is 0 Å². The first-order chi connectivity index (χ1) is 13.4. The molecule has 0 aromatic heterocycles. The van der Waals surface area contributed by atoms with E-state index in [0.29, 0.717) is 6.54 Å². The van der Waals surface area contributed by atoms with Gasteiger partial charge in [0, 0.05) is 0 Å². The smallest absolute Gasteiger partial charge is 0.307 e. The maximum Gasteiger partial charge on any atom is 0.307 e. The summed E-state index contributed by atoms with van der Waals surface area (Å²) in [6, 6.07) is 0. The second kappa shape index (κ2) is 16.2. The molecule has 0 radical (unpaired) electrons. The summed E-state index contributed by atoms with van der Waals surface area (Å²) in [5, 5.41) is 3.28. The third kappa shape index (κ3) is 12.6. The number of methoxy groups -OCH3 is 3. The van der Waals surface area contributed by atoms with Gasteiger partial charge in [0.05, 0.1) is 85.8 Å². The minimum absolute atomic E-state index is 0.130. The van der Waals surface area contributed by atoms with E-state index in [-0.39, 0.29) is 76.8 Å². The molecule has 0 aromatic carbocycles. The van der Waals surface area contributed by atoms with Gasteiger partial charge in [0.2, 0.25) is 0 Å². The second-order valence-electron chi connectivity index (χ2n) is 5.95. The van der Waals surface area contributed by atoms with E-state index in [0.717, 1.165) is 0 Å². The minimum Gasteiger partial charge on any atom is -0.469 e. The van der Waals surface area contributed by atoms with Gasteiger partial charge in [-0.25, -0.2) is 0 Å². The molecule has 0 fully saturated rings. The first kappa shape index (κ1) is 26.2. The minimum atomic E-state index is -0.711. The summed E-state index contributed by atoms with van der Waals surface area (Å²) in [7, 11) is 3.95. The molecule has 10 nitrogen and oxygen atoms in total. The molecular weight excluding hydrogens is 374 g/mol. The number of carbonyl (C=O) groups is 3. The summed E-state index contributed by atoms with van der Waals surface area (Å²) in [5.74, 6) is -1.09. The van der Waals surface area contributed by atoms with E-state index in [1.807, 2.05) is 6.92 Å². The molecule has 0 aliphatic rings. The maximum absolute atomic E-state index is 11.2. The molecule has 0 saturated heterocycles. The van der Waals surface area contributed by atoms with E-state index in [1.165, 1.54) is 21.3 Å². The standard InChI is InChI=1S/C18H33NO9/c1-5-19-18(12-26-9-6-15(20)23-2,13-27-10-7-16(21)24-3)14-28-11-8-17(22)25-4/h19H,5-14H2,1-4H3. The molecule has 1 N–H and O–H groups in total. The molecule has 0 rings (SSSR count). The number of hydrogen-bond acceptors (Lipinski definition) is 10. The van der Waals surface area contributed by atoms with Crippen LogP contribution in [0.15, 0.2) is 0 Å². The van der Waals surface area contributed by atoms with Crippen LogP contribution in [0.25, 0.3) is 0 Å². The maximum atomic E-state index is 11.2. The third-order valence-corrected chi connectivity index (χ3v) is 3.72. The van der Waals surface area contributed by atoms with E-state index in [4.69, 9.17) is 14.2 Å². The van der Waals surface area contributed by atoms with Crippen molar-refractivity contribution in [2.75, 3.05) is 67.5 Å². The largest absolute Gasteiger partial charge is 0.469 e. The van der Waals surface area contributed by atoms with Crippen molar-refractivity contribution in [1.82, 2.24) is 5.32 Å². The van der Waals surface area contributed by atoms with E-state index in [1.54, 1.807) is 0 Å². The summed E-state index contributed by atoms with van der Waals surface area (Å²) >= 11 is 0. The lowest BCUT2D eigenvalue weighted by atomic mass is 10.0. The molecule has 0 bridgehead atoms. The zero-order valence-electron chi connectivity index (χ0n) is 17.2. The molecule has 0 aromatic rings. The van der Waals surface area contributed by atoms with Crippen LogP contribution in [0.4, 0.5) is 0 Å². The lowest BCUT2D eigenvalue weighted by Gasteiger charge is -2.34. The lowest BCUT2D eigenvalue weighted by Crippen LogP contribution is -2.56. The summed E-state index contributed by atoms with van der Waals surface area (Å²) in [6.07, 6.45) is 0.390. The van der Waals surface area contributed by atoms with E-state index >= 15 is 0 Å². The number of carbonyl (C=O) groups excluding carboxylic acids is 3. The number of ether oxygens (including phenoxy) is 6. The molecule has 0 amide bonds. The molecule has 28 heavy (non-hydrogen) atoms. The average Bonchev–Trinajstić information content (AvgIpc) is 2.71. The van der Waals surface area contributed by atoms with Gasteiger partial charge in [0.1, 0.15) is 0 Å². The van der Waals surface area contributed by atoms with Crippen LogP contribution in [0.1, 0.15) is 26.2 Å². The summed E-state index contributed by atoms with van der Waals surface area (Å²) in [4.78, 5) is 33.6. The van der Waals surface area contributed by atoms with Gasteiger partial charge >= 0.3 is 17.9 Å². The fraction of sp³-hybridized carbons (Fsp3) is 0.833. The number of nitrogens with one attached hydrogen (secondary N) is 1. The molecule has 164 valence electrons. The molecule has 10 heteroatoms. The molecule has 0 unspecified atom stereocenters. The van der Waals surface area contributed by atoms with Crippen LogP contribution < -0.4 is 5.32 Å². The number of rotatable bonds is 17. The Kier molecular flexibility index (Phi) is 15.2. The van der Waals surface area contributed by atoms with Crippen molar-refractivity contribution in [3.8, 4) is 0 Å². The normalized spacial score (nSPS) is 11.1. The predicted molar refractivity (Wildman–Crippen MR) is 98.8 cm³/mol. The Morgan fingerprint density at radius 3 is 1.25 bits per heavy atom. The first-order valence-corrected chi connectivity index (χ1v) is 9.11. The quantitative estimate of drug-likeness (QED) is 0.202. The van der Waals surface area contributed by atoms with Crippen molar-refractivity contribution in [2.24, 2.45) is 0 Å². The van der Waals surface area contributed by atoms with Gasteiger partial charge in [-0.05, 0) is 6.54 Å². The molecule has 0 aliphatic heterocycles. The molecule has 0 spiro atoms. The second-order valence-corrected chi connectivity index (χ2v) is 5.95. The third-order valence-electron chi connectivity index (χ3n) is 3.72. The zero-order chi connectivity index (χ0) is 21.3. The van der Waals surface area contributed by atoms with Crippen molar-refractivity contribution < 1.29 is 42.8 Å². The summed E-state index contributed by atoms with van der Waals surface area (Å²) in [5.41, 5.74) is -0.711. The zero-order valence-corrected chi connectivity index (χ0v) is 17.2. The van der Waals surface area contributed by atoms with Gasteiger partial charge in [-0.15, -0.1) is 0 Å². The predicted octanol–water partition coefficient (Wildman–Crippen LogP) is 0.0738. The summed E-state index contributed by atoms with van der Waals surface area (Å²) < 4.78 is 30.6. The highest BCUT2D eigenvalue weighted by Gasteiger charge is 2.31. The Labute approximate surface area is 166 Å². The highest BCUT2D eigenvalue weighted by atomic mass is 16.5. The van der Waals surface area contributed by atoms with Crippen LogP contribution >= 0.6 is 0 Å². The van der Waals surface area contributed by atoms with E-state index in [9.17, 15) is 14.4 Å². The number of esters is 3. The summed E-state index contributed by atoms with van der Waals surface area (Å²) in [6.45, 7) is 3.70. The van der Waals surface area contributed by atoms with Crippen molar-refractivity contribution in [3.63, 3.8) is 0 Å². The van der Waals surface area contributed by atoms with Crippen LogP contribution in [0, 0.1) is 0 Å². The fourth-order valence-electron chi connectivity index (χ4n) is 2.23. The van der Waals surface area contributed by atoms with Gasteiger partial charge in [-0.1, -0.05) is 6.92 Å². The Morgan fingerprint density at radius 2 is 1.00 bits per heavy atom. The Bertz CT molecular complexity index is 397. The van der Waals surface area contributed by atoms with Crippen molar-refractivity contribution in [3.05, 3.63) is 0 Å². The molecule has 0 aliphatic carbocycles. The SMILES string of the molecule is CCNC(COCCC(=O)OC)(COCCC(=O)OC)COCCC(=O)OC. The van der Waals surface area contributed by atoms with Gasteiger partial charge in [-0.2, -0.15) is 0 Å². The monoisotopic (exact) mass is 407 g/mol. The van der Waals surface area contributed by atoms with Crippen LogP contribution in [-0.2, 0) is 42.8 Å². The molecule has 0 heterocycles. The van der Waals surface area contributed by atoms with Gasteiger partial charge < -0.3 is 33.7 Å². The highest BCUT2D eigenvalue weighted by molar-refractivity contribution is 5.69. The molecular formula is C18H33NO9. The van der Waals surface area contributed by atoms with Crippen molar-refractivity contribution >= 4 is 17.9 Å². The van der Waals surface area contributed by atoms with Crippen molar-refractivity contribution in [1.29, 1.82) is 0 Å². The van der Waals surface area contributed by atoms with E-state index < -0.39 is 5.54 Å².